The predicted molar refractivity (Wildman–Crippen MR) is 81.3 cm³/mol. The summed E-state index contributed by atoms with van der Waals surface area (Å²) >= 11 is 0. The average molecular weight is 286 g/mol. The van der Waals surface area contributed by atoms with Crippen molar-refractivity contribution >= 4 is 5.82 Å². The number of piperazine rings is 1. The molecule has 1 aromatic heterocycles. The van der Waals surface area contributed by atoms with Crippen molar-refractivity contribution in [1.29, 1.82) is 5.26 Å². The van der Waals surface area contributed by atoms with Gasteiger partial charge in [-0.2, -0.15) is 5.26 Å². The number of hydrogen-bond donors (Lipinski definition) is 1. The molecule has 2 aliphatic rings. The van der Waals surface area contributed by atoms with Crippen LogP contribution in [0.25, 0.3) is 0 Å². The van der Waals surface area contributed by atoms with Crippen LogP contribution in [-0.2, 0) is 12.8 Å². The number of anilines is 1. The van der Waals surface area contributed by atoms with Gasteiger partial charge >= 0.3 is 0 Å². The number of aliphatic hydroxyl groups excluding tert-OH is 1. The van der Waals surface area contributed by atoms with Gasteiger partial charge in [-0.05, 0) is 37.3 Å². The molecule has 0 spiro atoms. The van der Waals surface area contributed by atoms with Crippen molar-refractivity contribution in [3.63, 3.8) is 0 Å². The number of nitrogens with zero attached hydrogens (tertiary/aromatic N) is 4. The normalized spacial score (nSPS) is 19.1. The Balaban J connectivity index is 1.80. The van der Waals surface area contributed by atoms with E-state index in [4.69, 9.17) is 10.1 Å². The highest BCUT2D eigenvalue weighted by molar-refractivity contribution is 5.56. The number of nitriles is 1. The fraction of sp³-hybridized carbons (Fsp3) is 0.625. The molecule has 1 saturated heterocycles. The molecule has 1 fully saturated rings. The molecule has 0 radical (unpaired) electrons. The van der Waals surface area contributed by atoms with E-state index in [1.54, 1.807) is 0 Å². The minimum absolute atomic E-state index is 0.209. The molecule has 0 bridgehead atoms. The number of hydrogen-bond acceptors (Lipinski definition) is 5. The first-order valence-corrected chi connectivity index (χ1v) is 7.83. The van der Waals surface area contributed by atoms with E-state index in [9.17, 15) is 5.26 Å². The summed E-state index contributed by atoms with van der Waals surface area (Å²) in [7, 11) is 0. The second kappa shape index (κ2) is 6.42. The molecule has 0 unspecified atom stereocenters. The molecule has 0 aromatic carbocycles. The van der Waals surface area contributed by atoms with Gasteiger partial charge in [-0.25, -0.2) is 4.98 Å². The van der Waals surface area contributed by atoms with Crippen molar-refractivity contribution in [2.24, 2.45) is 0 Å². The highest BCUT2D eigenvalue weighted by atomic mass is 16.3. The smallest absolute Gasteiger partial charge is 0.146 e. The fourth-order valence-corrected chi connectivity index (χ4v) is 3.27. The molecule has 3 rings (SSSR count). The Hall–Kier alpha value is -1.64. The number of rotatable bonds is 3. The van der Waals surface area contributed by atoms with Crippen molar-refractivity contribution < 1.29 is 5.11 Å². The Bertz CT molecular complexity index is 544. The summed E-state index contributed by atoms with van der Waals surface area (Å²) in [5.41, 5.74) is 3.17. The summed E-state index contributed by atoms with van der Waals surface area (Å²) in [6.45, 7) is 4.53. The third kappa shape index (κ3) is 3.02. The number of aliphatic hydroxyl groups is 1. The van der Waals surface area contributed by atoms with E-state index in [0.29, 0.717) is 5.56 Å². The third-order valence-corrected chi connectivity index (χ3v) is 4.49. The Morgan fingerprint density at radius 3 is 2.67 bits per heavy atom. The average Bonchev–Trinajstić information content (AvgIpc) is 2.54. The second-order valence-electron chi connectivity index (χ2n) is 5.84. The molecule has 5 heteroatoms. The maximum atomic E-state index is 9.43. The summed E-state index contributed by atoms with van der Waals surface area (Å²) in [6, 6.07) is 4.37. The highest BCUT2D eigenvalue weighted by Crippen LogP contribution is 2.27. The number of pyridine rings is 1. The van der Waals surface area contributed by atoms with Crippen LogP contribution in [-0.4, -0.2) is 54.3 Å². The number of aryl methyl sites for hydroxylation is 2. The van der Waals surface area contributed by atoms with Crippen LogP contribution in [0.1, 0.15) is 29.7 Å². The first kappa shape index (κ1) is 14.3. The lowest BCUT2D eigenvalue weighted by Crippen LogP contribution is -2.47. The minimum Gasteiger partial charge on any atom is -0.395 e. The van der Waals surface area contributed by atoms with E-state index in [0.717, 1.165) is 51.4 Å². The van der Waals surface area contributed by atoms with Crippen molar-refractivity contribution in [2.75, 3.05) is 44.2 Å². The molecule has 112 valence electrons. The maximum Gasteiger partial charge on any atom is 0.146 e. The molecule has 1 aliphatic heterocycles. The van der Waals surface area contributed by atoms with E-state index >= 15 is 0 Å². The van der Waals surface area contributed by atoms with Gasteiger partial charge in [0, 0.05) is 38.4 Å². The molecule has 21 heavy (non-hydrogen) atoms. The van der Waals surface area contributed by atoms with Gasteiger partial charge in [-0.3, -0.25) is 4.90 Å². The standard InChI is InChI=1S/C16H22N4O/c17-12-14-11-13-3-1-2-4-15(13)18-16(14)20-7-5-19(6-8-20)9-10-21/h11,21H,1-10H2. The largest absolute Gasteiger partial charge is 0.395 e. The van der Waals surface area contributed by atoms with Crippen molar-refractivity contribution in [2.45, 2.75) is 25.7 Å². The monoisotopic (exact) mass is 286 g/mol. The highest BCUT2D eigenvalue weighted by Gasteiger charge is 2.22. The van der Waals surface area contributed by atoms with Crippen LogP contribution >= 0.6 is 0 Å². The molecule has 1 aromatic rings. The number of β-amino-alcohol motifs (C(OH)–C–C–N with tert-alkyl or cyclic N) is 1. The van der Waals surface area contributed by atoms with E-state index in [-0.39, 0.29) is 6.61 Å². The van der Waals surface area contributed by atoms with Gasteiger partial charge in [-0.15, -0.1) is 0 Å². The van der Waals surface area contributed by atoms with Crippen LogP contribution in [0.15, 0.2) is 6.07 Å². The van der Waals surface area contributed by atoms with E-state index in [1.165, 1.54) is 24.1 Å². The molecule has 0 atom stereocenters. The molecule has 5 nitrogen and oxygen atoms in total. The van der Waals surface area contributed by atoms with Crippen LogP contribution in [0, 0.1) is 11.3 Å². The zero-order valence-corrected chi connectivity index (χ0v) is 12.4. The molecule has 1 N–H and O–H groups in total. The van der Waals surface area contributed by atoms with Gasteiger partial charge < -0.3 is 10.0 Å². The van der Waals surface area contributed by atoms with Crippen LogP contribution in [0.5, 0.6) is 0 Å². The topological polar surface area (TPSA) is 63.4 Å². The predicted octanol–water partition coefficient (Wildman–Crippen LogP) is 0.946. The van der Waals surface area contributed by atoms with Crippen LogP contribution < -0.4 is 4.90 Å². The lowest BCUT2D eigenvalue weighted by Gasteiger charge is -2.35. The summed E-state index contributed by atoms with van der Waals surface area (Å²) in [5, 5.41) is 18.4. The van der Waals surface area contributed by atoms with Gasteiger partial charge in [0.2, 0.25) is 0 Å². The van der Waals surface area contributed by atoms with Crippen molar-refractivity contribution in [3.05, 3.63) is 22.9 Å². The lowest BCUT2D eigenvalue weighted by atomic mass is 9.95. The molecule has 1 aliphatic carbocycles. The van der Waals surface area contributed by atoms with Gasteiger partial charge in [0.05, 0.1) is 12.2 Å². The van der Waals surface area contributed by atoms with Crippen LogP contribution in [0.2, 0.25) is 0 Å². The Kier molecular flexibility index (Phi) is 4.37. The summed E-state index contributed by atoms with van der Waals surface area (Å²) in [6.07, 6.45) is 4.51. The van der Waals surface area contributed by atoms with Gasteiger partial charge in [-0.1, -0.05) is 0 Å². The number of fused-ring (bicyclic) bond motifs is 1. The summed E-state index contributed by atoms with van der Waals surface area (Å²) in [5.74, 6) is 0.863. The first-order valence-electron chi connectivity index (χ1n) is 7.83. The first-order chi connectivity index (χ1) is 10.3. The third-order valence-electron chi connectivity index (χ3n) is 4.49. The summed E-state index contributed by atoms with van der Waals surface area (Å²) in [4.78, 5) is 9.29. The van der Waals surface area contributed by atoms with E-state index in [1.807, 2.05) is 0 Å². The Morgan fingerprint density at radius 1 is 1.19 bits per heavy atom. The van der Waals surface area contributed by atoms with Crippen LogP contribution in [0.4, 0.5) is 5.82 Å². The number of aromatic nitrogens is 1. The van der Waals surface area contributed by atoms with E-state index < -0.39 is 0 Å². The SMILES string of the molecule is N#Cc1cc2c(nc1N1CCN(CCO)CC1)CCCC2. The zero-order chi connectivity index (χ0) is 14.7. The Labute approximate surface area is 125 Å². The van der Waals surface area contributed by atoms with Gasteiger partial charge in [0.1, 0.15) is 11.9 Å². The summed E-state index contributed by atoms with van der Waals surface area (Å²) < 4.78 is 0. The van der Waals surface area contributed by atoms with Crippen LogP contribution in [0.3, 0.4) is 0 Å². The molecular formula is C16H22N4O. The quantitative estimate of drug-likeness (QED) is 0.896. The lowest BCUT2D eigenvalue weighted by molar-refractivity contribution is 0.188. The van der Waals surface area contributed by atoms with E-state index in [2.05, 4.69) is 21.9 Å². The van der Waals surface area contributed by atoms with Gasteiger partial charge in [0.25, 0.3) is 0 Å². The fourth-order valence-electron chi connectivity index (χ4n) is 3.27. The zero-order valence-electron chi connectivity index (χ0n) is 12.4. The van der Waals surface area contributed by atoms with Crippen molar-refractivity contribution in [3.8, 4) is 6.07 Å². The molecule has 0 saturated carbocycles. The second-order valence-corrected chi connectivity index (χ2v) is 5.84. The molecule has 0 amide bonds. The molecule has 2 heterocycles. The minimum atomic E-state index is 0.209. The van der Waals surface area contributed by atoms with Crippen molar-refractivity contribution in [1.82, 2.24) is 9.88 Å². The van der Waals surface area contributed by atoms with Gasteiger partial charge in [0.15, 0.2) is 0 Å². The Morgan fingerprint density at radius 2 is 1.95 bits per heavy atom. The maximum absolute atomic E-state index is 9.43. The molecular weight excluding hydrogens is 264 g/mol.